The molecule has 2 rings (SSSR count). The highest BCUT2D eigenvalue weighted by atomic mass is 32.1. The number of amides is 3. The van der Waals surface area contributed by atoms with Gasteiger partial charge in [-0.2, -0.15) is 11.3 Å². The summed E-state index contributed by atoms with van der Waals surface area (Å²) in [4.78, 5) is 25.4. The molecular weight excluding hydrogens is 274 g/mol. The molecular formula is C14H19N3O2S. The molecule has 6 heteroatoms. The van der Waals surface area contributed by atoms with Crippen LogP contribution < -0.4 is 10.6 Å². The van der Waals surface area contributed by atoms with Gasteiger partial charge in [-0.25, -0.2) is 4.79 Å². The van der Waals surface area contributed by atoms with Crippen LogP contribution in [0.4, 0.5) is 4.79 Å². The van der Waals surface area contributed by atoms with Crippen LogP contribution >= 0.6 is 11.3 Å². The average Bonchev–Trinajstić information content (AvgIpc) is 3.06. The van der Waals surface area contributed by atoms with Gasteiger partial charge in [-0.3, -0.25) is 15.0 Å². The average molecular weight is 293 g/mol. The van der Waals surface area contributed by atoms with Crippen LogP contribution in [0.5, 0.6) is 0 Å². The van der Waals surface area contributed by atoms with Crippen molar-refractivity contribution in [2.24, 2.45) is 0 Å². The predicted molar refractivity (Wildman–Crippen MR) is 79.6 cm³/mol. The molecule has 2 N–H and O–H groups in total. The van der Waals surface area contributed by atoms with Crippen LogP contribution in [0.1, 0.15) is 24.4 Å². The Morgan fingerprint density at radius 2 is 2.40 bits per heavy atom. The van der Waals surface area contributed by atoms with E-state index in [1.54, 1.807) is 17.4 Å². The van der Waals surface area contributed by atoms with Gasteiger partial charge in [0.15, 0.2) is 0 Å². The molecule has 1 fully saturated rings. The molecule has 3 amide bonds. The predicted octanol–water partition coefficient (Wildman–Crippen LogP) is 1.90. The van der Waals surface area contributed by atoms with Crippen molar-refractivity contribution in [2.45, 2.75) is 18.9 Å². The zero-order valence-electron chi connectivity index (χ0n) is 11.3. The third-order valence-electron chi connectivity index (χ3n) is 3.30. The number of nitrogens with zero attached hydrogens (tertiary/aromatic N) is 1. The number of rotatable bonds is 5. The molecule has 1 aromatic rings. The van der Waals surface area contributed by atoms with Gasteiger partial charge in [0.05, 0.1) is 6.54 Å². The summed E-state index contributed by atoms with van der Waals surface area (Å²) < 4.78 is 0. The van der Waals surface area contributed by atoms with Gasteiger partial charge in [-0.1, -0.05) is 6.08 Å². The Kier molecular flexibility index (Phi) is 5.31. The van der Waals surface area contributed by atoms with Crippen molar-refractivity contribution in [2.75, 3.05) is 19.6 Å². The second-order valence-corrected chi connectivity index (χ2v) is 5.51. The normalized spacial score (nSPS) is 18.7. The number of carbonyl (C=O) groups is 2. The molecule has 0 saturated carbocycles. The van der Waals surface area contributed by atoms with Crippen molar-refractivity contribution in [3.63, 3.8) is 0 Å². The lowest BCUT2D eigenvalue weighted by Gasteiger charge is -2.23. The molecule has 0 aromatic carbocycles. The Morgan fingerprint density at radius 3 is 3.10 bits per heavy atom. The molecule has 1 saturated heterocycles. The highest BCUT2D eigenvalue weighted by molar-refractivity contribution is 7.07. The molecule has 5 nitrogen and oxygen atoms in total. The lowest BCUT2D eigenvalue weighted by Crippen LogP contribution is -2.44. The number of thiophene rings is 1. The first-order chi connectivity index (χ1) is 9.70. The van der Waals surface area contributed by atoms with Crippen LogP contribution in [0.25, 0.3) is 0 Å². The number of hydrogen-bond acceptors (Lipinski definition) is 4. The van der Waals surface area contributed by atoms with E-state index >= 15 is 0 Å². The number of hydrogen-bond donors (Lipinski definition) is 2. The molecule has 1 atom stereocenters. The van der Waals surface area contributed by atoms with E-state index in [2.05, 4.69) is 38.9 Å². The molecule has 1 aliphatic heterocycles. The standard InChI is InChI=1S/C14H19N3O2S/c1-2-6-15-14(19)16-13(18)9-17-7-3-4-12(17)11-5-8-20-10-11/h2,5,8,10,12H,1,3-4,6-7,9H2,(H2,15,16,18,19)/t12-/m1/s1. The molecule has 0 spiro atoms. The quantitative estimate of drug-likeness (QED) is 0.815. The zero-order valence-corrected chi connectivity index (χ0v) is 12.1. The van der Waals surface area contributed by atoms with Gasteiger partial charge in [-0.05, 0) is 41.8 Å². The van der Waals surface area contributed by atoms with Crippen LogP contribution in [0.3, 0.4) is 0 Å². The molecule has 1 aromatic heterocycles. The summed E-state index contributed by atoms with van der Waals surface area (Å²) in [6.07, 6.45) is 3.71. The van der Waals surface area contributed by atoms with Gasteiger partial charge in [0.2, 0.25) is 5.91 Å². The van der Waals surface area contributed by atoms with Crippen molar-refractivity contribution in [3.05, 3.63) is 35.0 Å². The number of likely N-dealkylation sites (tertiary alicyclic amines) is 1. The topological polar surface area (TPSA) is 61.4 Å². The Bertz CT molecular complexity index is 473. The van der Waals surface area contributed by atoms with Gasteiger partial charge >= 0.3 is 6.03 Å². The van der Waals surface area contributed by atoms with Crippen LogP contribution in [0.2, 0.25) is 0 Å². The van der Waals surface area contributed by atoms with E-state index in [-0.39, 0.29) is 12.5 Å². The van der Waals surface area contributed by atoms with Crippen molar-refractivity contribution < 1.29 is 9.59 Å². The van der Waals surface area contributed by atoms with Gasteiger partial charge in [0, 0.05) is 12.6 Å². The van der Waals surface area contributed by atoms with E-state index in [1.165, 1.54) is 5.56 Å². The van der Waals surface area contributed by atoms with E-state index < -0.39 is 6.03 Å². The van der Waals surface area contributed by atoms with Gasteiger partial charge in [-0.15, -0.1) is 6.58 Å². The van der Waals surface area contributed by atoms with Crippen LogP contribution in [-0.4, -0.2) is 36.5 Å². The number of imide groups is 1. The first-order valence-corrected chi connectivity index (χ1v) is 7.59. The maximum atomic E-state index is 11.9. The zero-order chi connectivity index (χ0) is 14.4. The highest BCUT2D eigenvalue weighted by Crippen LogP contribution is 2.32. The Balaban J connectivity index is 1.84. The second-order valence-electron chi connectivity index (χ2n) is 4.73. The highest BCUT2D eigenvalue weighted by Gasteiger charge is 2.28. The molecule has 0 radical (unpaired) electrons. The minimum Gasteiger partial charge on any atom is -0.334 e. The third kappa shape index (κ3) is 3.91. The molecule has 2 heterocycles. The summed E-state index contributed by atoms with van der Waals surface area (Å²) in [5.74, 6) is -0.270. The smallest absolute Gasteiger partial charge is 0.321 e. The molecule has 0 unspecified atom stereocenters. The fourth-order valence-corrected chi connectivity index (χ4v) is 3.12. The van der Waals surface area contributed by atoms with Crippen molar-refractivity contribution >= 4 is 23.3 Å². The summed E-state index contributed by atoms with van der Waals surface area (Å²) in [6, 6.07) is 1.92. The fraction of sp³-hybridized carbons (Fsp3) is 0.429. The Hall–Kier alpha value is -1.66. The van der Waals surface area contributed by atoms with Gasteiger partial charge in [0.1, 0.15) is 0 Å². The molecule has 108 valence electrons. The SMILES string of the molecule is C=CCNC(=O)NC(=O)CN1CCC[C@@H]1c1ccsc1. The minimum absolute atomic E-state index is 0.252. The van der Waals surface area contributed by atoms with E-state index in [9.17, 15) is 9.59 Å². The third-order valence-corrected chi connectivity index (χ3v) is 4.00. The molecule has 20 heavy (non-hydrogen) atoms. The summed E-state index contributed by atoms with van der Waals surface area (Å²) in [5, 5.41) is 9.03. The van der Waals surface area contributed by atoms with Crippen molar-refractivity contribution in [1.29, 1.82) is 0 Å². The van der Waals surface area contributed by atoms with Gasteiger partial charge in [0.25, 0.3) is 0 Å². The number of nitrogens with one attached hydrogen (secondary N) is 2. The maximum Gasteiger partial charge on any atom is 0.321 e. The van der Waals surface area contributed by atoms with Crippen LogP contribution in [0.15, 0.2) is 29.5 Å². The monoisotopic (exact) mass is 293 g/mol. The first-order valence-electron chi connectivity index (χ1n) is 6.65. The maximum absolute atomic E-state index is 11.9. The molecule has 0 aliphatic carbocycles. The van der Waals surface area contributed by atoms with E-state index in [4.69, 9.17) is 0 Å². The first kappa shape index (κ1) is 14.7. The largest absolute Gasteiger partial charge is 0.334 e. The van der Waals surface area contributed by atoms with E-state index in [0.717, 1.165) is 19.4 Å². The summed E-state index contributed by atoms with van der Waals surface area (Å²) in [7, 11) is 0. The lowest BCUT2D eigenvalue weighted by molar-refractivity contribution is -0.121. The lowest BCUT2D eigenvalue weighted by atomic mass is 10.1. The minimum atomic E-state index is -0.471. The summed E-state index contributed by atoms with van der Waals surface area (Å²) in [6.45, 7) is 4.99. The van der Waals surface area contributed by atoms with Crippen LogP contribution in [0, 0.1) is 0 Å². The number of carbonyl (C=O) groups excluding carboxylic acids is 2. The Labute approximate surface area is 122 Å². The molecule has 1 aliphatic rings. The molecule has 0 bridgehead atoms. The summed E-state index contributed by atoms with van der Waals surface area (Å²) >= 11 is 1.67. The Morgan fingerprint density at radius 1 is 1.55 bits per heavy atom. The van der Waals surface area contributed by atoms with Gasteiger partial charge < -0.3 is 5.32 Å². The summed E-state index contributed by atoms with van der Waals surface area (Å²) in [5.41, 5.74) is 1.26. The fourth-order valence-electron chi connectivity index (χ4n) is 2.42. The van der Waals surface area contributed by atoms with E-state index in [1.807, 2.05) is 0 Å². The van der Waals surface area contributed by atoms with Crippen LogP contribution in [-0.2, 0) is 4.79 Å². The number of urea groups is 1. The van der Waals surface area contributed by atoms with E-state index in [0.29, 0.717) is 12.6 Å². The van der Waals surface area contributed by atoms with Crippen molar-refractivity contribution in [1.82, 2.24) is 15.5 Å². The second kappa shape index (κ2) is 7.21. The van der Waals surface area contributed by atoms with Crippen molar-refractivity contribution in [3.8, 4) is 0 Å².